The van der Waals surface area contributed by atoms with Crippen LogP contribution in [0.4, 0.5) is 0 Å². The van der Waals surface area contributed by atoms with Crippen LogP contribution in [0.5, 0.6) is 0 Å². The van der Waals surface area contributed by atoms with E-state index in [1.165, 1.54) is 10.8 Å². The molecule has 3 rings (SSSR count). The van der Waals surface area contributed by atoms with Crippen LogP contribution in [0.15, 0.2) is 48.5 Å². The Hall–Kier alpha value is -2.33. The lowest BCUT2D eigenvalue weighted by Gasteiger charge is -2.06. The molecule has 0 heterocycles. The molecule has 0 amide bonds. The number of nitriles is 1. The van der Waals surface area contributed by atoms with Crippen molar-refractivity contribution in [2.75, 3.05) is 0 Å². The van der Waals surface area contributed by atoms with Gasteiger partial charge >= 0.3 is 0 Å². The van der Waals surface area contributed by atoms with Crippen molar-refractivity contribution < 1.29 is 0 Å². The van der Waals surface area contributed by atoms with Crippen molar-refractivity contribution in [3.05, 3.63) is 59.7 Å². The number of benzene rings is 3. The third kappa shape index (κ3) is 1.46. The van der Waals surface area contributed by atoms with Gasteiger partial charge in [0.2, 0.25) is 0 Å². The summed E-state index contributed by atoms with van der Waals surface area (Å²) in [7, 11) is 0. The van der Waals surface area contributed by atoms with Crippen molar-refractivity contribution in [3.63, 3.8) is 0 Å². The summed E-state index contributed by atoms with van der Waals surface area (Å²) in [4.78, 5) is 0. The normalized spacial score (nSPS) is 10.6. The number of nitrogens with zero attached hydrogens (tertiary/aromatic N) is 1. The minimum absolute atomic E-state index is 0.785. The zero-order valence-electron chi connectivity index (χ0n) is 9.57. The Morgan fingerprint density at radius 2 is 1.59 bits per heavy atom. The molecule has 0 saturated carbocycles. The molecule has 1 heteroatoms. The van der Waals surface area contributed by atoms with Gasteiger partial charge in [-0.25, -0.2) is 0 Å². The SMILES string of the molecule is Cc1ccc2cc3ccccc3cc2c1C#N. The maximum Gasteiger partial charge on any atom is 0.100 e. The summed E-state index contributed by atoms with van der Waals surface area (Å²) in [5.41, 5.74) is 1.82. The first kappa shape index (κ1) is 9.86. The fraction of sp³-hybridized carbons (Fsp3) is 0.0625. The molecule has 80 valence electrons. The van der Waals surface area contributed by atoms with Gasteiger partial charge in [0.15, 0.2) is 0 Å². The Morgan fingerprint density at radius 3 is 2.29 bits per heavy atom. The van der Waals surface area contributed by atoms with E-state index in [4.69, 9.17) is 0 Å². The molecule has 0 aromatic heterocycles. The summed E-state index contributed by atoms with van der Waals surface area (Å²) < 4.78 is 0. The van der Waals surface area contributed by atoms with E-state index in [1.54, 1.807) is 0 Å². The first-order valence-corrected chi connectivity index (χ1v) is 5.62. The van der Waals surface area contributed by atoms with Gasteiger partial charge in [0, 0.05) is 5.39 Å². The first-order chi connectivity index (χ1) is 8.29. The fourth-order valence-electron chi connectivity index (χ4n) is 2.27. The van der Waals surface area contributed by atoms with Gasteiger partial charge in [-0.05, 0) is 40.8 Å². The van der Waals surface area contributed by atoms with Gasteiger partial charge in [-0.15, -0.1) is 0 Å². The van der Waals surface area contributed by atoms with E-state index in [-0.39, 0.29) is 0 Å². The van der Waals surface area contributed by atoms with E-state index in [9.17, 15) is 5.26 Å². The van der Waals surface area contributed by atoms with Gasteiger partial charge in [-0.3, -0.25) is 0 Å². The number of rotatable bonds is 0. The molecule has 3 aromatic carbocycles. The highest BCUT2D eigenvalue weighted by molar-refractivity contribution is 6.00. The van der Waals surface area contributed by atoms with E-state index < -0.39 is 0 Å². The molecular weight excluding hydrogens is 206 g/mol. The lowest BCUT2D eigenvalue weighted by molar-refractivity contribution is 1.43. The lowest BCUT2D eigenvalue weighted by atomic mass is 9.97. The van der Waals surface area contributed by atoms with Crippen LogP contribution < -0.4 is 0 Å². The van der Waals surface area contributed by atoms with Gasteiger partial charge < -0.3 is 0 Å². The number of aryl methyl sites for hydroxylation is 1. The molecule has 0 spiro atoms. The molecule has 17 heavy (non-hydrogen) atoms. The van der Waals surface area contributed by atoms with Crippen LogP contribution in [0.2, 0.25) is 0 Å². The van der Waals surface area contributed by atoms with Gasteiger partial charge in [0.25, 0.3) is 0 Å². The van der Waals surface area contributed by atoms with E-state index in [0.29, 0.717) is 0 Å². The van der Waals surface area contributed by atoms with E-state index >= 15 is 0 Å². The average Bonchev–Trinajstić information content (AvgIpc) is 2.36. The van der Waals surface area contributed by atoms with Gasteiger partial charge in [-0.1, -0.05) is 36.4 Å². The third-order valence-electron chi connectivity index (χ3n) is 3.21. The largest absolute Gasteiger partial charge is 0.192 e. The molecule has 1 nitrogen and oxygen atoms in total. The van der Waals surface area contributed by atoms with Crippen molar-refractivity contribution in [3.8, 4) is 6.07 Å². The van der Waals surface area contributed by atoms with Crippen LogP contribution in [0.25, 0.3) is 21.5 Å². The van der Waals surface area contributed by atoms with E-state index in [1.807, 2.05) is 25.1 Å². The Balaban J connectivity index is 2.53. The Bertz CT molecular complexity index is 763. The highest BCUT2D eigenvalue weighted by Gasteiger charge is 2.05. The molecule has 0 fully saturated rings. The fourth-order valence-corrected chi connectivity index (χ4v) is 2.27. The highest BCUT2D eigenvalue weighted by atomic mass is 14.2. The maximum atomic E-state index is 9.24. The van der Waals surface area contributed by atoms with Crippen LogP contribution in [0, 0.1) is 18.3 Å². The lowest BCUT2D eigenvalue weighted by Crippen LogP contribution is -1.85. The predicted molar refractivity (Wildman–Crippen MR) is 70.9 cm³/mol. The second-order valence-corrected chi connectivity index (χ2v) is 4.29. The van der Waals surface area contributed by atoms with Crippen LogP contribution in [0.1, 0.15) is 11.1 Å². The molecule has 0 atom stereocenters. The zero-order chi connectivity index (χ0) is 11.8. The van der Waals surface area contributed by atoms with E-state index in [2.05, 4.69) is 36.4 Å². The molecule has 0 aliphatic rings. The molecule has 0 bridgehead atoms. The minimum Gasteiger partial charge on any atom is -0.192 e. The molecular formula is C16H11N. The molecule has 0 saturated heterocycles. The summed E-state index contributed by atoms with van der Waals surface area (Å²) in [5, 5.41) is 13.8. The van der Waals surface area contributed by atoms with Crippen LogP contribution in [0.3, 0.4) is 0 Å². The molecule has 0 aliphatic heterocycles. The second-order valence-electron chi connectivity index (χ2n) is 4.29. The smallest absolute Gasteiger partial charge is 0.100 e. The average molecular weight is 217 g/mol. The summed E-state index contributed by atoms with van der Waals surface area (Å²) in [6, 6.07) is 18.9. The summed E-state index contributed by atoms with van der Waals surface area (Å²) in [6.07, 6.45) is 0. The van der Waals surface area contributed by atoms with Crippen molar-refractivity contribution in [2.24, 2.45) is 0 Å². The number of hydrogen-bond acceptors (Lipinski definition) is 1. The van der Waals surface area contributed by atoms with Crippen molar-refractivity contribution >= 4 is 21.5 Å². The van der Waals surface area contributed by atoms with Crippen LogP contribution in [-0.4, -0.2) is 0 Å². The quantitative estimate of drug-likeness (QED) is 0.518. The zero-order valence-corrected chi connectivity index (χ0v) is 9.57. The summed E-state index contributed by atoms with van der Waals surface area (Å²) in [5.74, 6) is 0. The number of hydrogen-bond donors (Lipinski definition) is 0. The van der Waals surface area contributed by atoms with Crippen LogP contribution >= 0.6 is 0 Å². The van der Waals surface area contributed by atoms with Gasteiger partial charge in [0.1, 0.15) is 6.07 Å². The number of fused-ring (bicyclic) bond motifs is 2. The predicted octanol–water partition coefficient (Wildman–Crippen LogP) is 4.17. The Morgan fingerprint density at radius 1 is 0.882 bits per heavy atom. The third-order valence-corrected chi connectivity index (χ3v) is 3.21. The van der Waals surface area contributed by atoms with Crippen molar-refractivity contribution in [1.82, 2.24) is 0 Å². The van der Waals surface area contributed by atoms with Crippen LogP contribution in [-0.2, 0) is 0 Å². The topological polar surface area (TPSA) is 23.8 Å². The highest BCUT2D eigenvalue weighted by Crippen LogP contribution is 2.26. The van der Waals surface area contributed by atoms with Gasteiger partial charge in [-0.2, -0.15) is 5.26 Å². The minimum atomic E-state index is 0.785. The summed E-state index contributed by atoms with van der Waals surface area (Å²) >= 11 is 0. The first-order valence-electron chi connectivity index (χ1n) is 5.62. The summed E-state index contributed by atoms with van der Waals surface area (Å²) in [6.45, 7) is 1.98. The van der Waals surface area contributed by atoms with Gasteiger partial charge in [0.05, 0.1) is 5.56 Å². The Kier molecular flexibility index (Phi) is 2.09. The maximum absolute atomic E-state index is 9.24. The molecule has 0 radical (unpaired) electrons. The van der Waals surface area contributed by atoms with Crippen molar-refractivity contribution in [1.29, 1.82) is 5.26 Å². The second kappa shape index (κ2) is 3.61. The Labute approximate surface area is 99.9 Å². The monoisotopic (exact) mass is 217 g/mol. The van der Waals surface area contributed by atoms with Crippen molar-refractivity contribution in [2.45, 2.75) is 6.92 Å². The molecule has 3 aromatic rings. The standard InChI is InChI=1S/C16H11N/c1-11-6-7-14-8-12-4-2-3-5-13(12)9-15(14)16(11)10-17/h2-9H,1H3. The molecule has 0 N–H and O–H groups in total. The molecule has 0 aliphatic carbocycles. The van der Waals surface area contributed by atoms with E-state index in [0.717, 1.165) is 21.9 Å². The molecule has 0 unspecified atom stereocenters.